The van der Waals surface area contributed by atoms with Crippen molar-refractivity contribution in [2.24, 2.45) is 0 Å². The molecule has 1 aromatic heterocycles. The fraction of sp³-hybridized carbons (Fsp3) is 0.353. The summed E-state index contributed by atoms with van der Waals surface area (Å²) in [6.45, 7) is 4.21. The van der Waals surface area contributed by atoms with Crippen molar-refractivity contribution in [3.63, 3.8) is 0 Å². The first kappa shape index (κ1) is 17.2. The third-order valence-corrected chi connectivity index (χ3v) is 4.59. The number of hydrogen-bond acceptors (Lipinski definition) is 6. The number of aromatic nitrogens is 1. The minimum Gasteiger partial charge on any atom is -0.486 e. The van der Waals surface area contributed by atoms with Crippen molar-refractivity contribution >= 4 is 23.2 Å². The second-order valence-electron chi connectivity index (χ2n) is 5.82. The van der Waals surface area contributed by atoms with Crippen LogP contribution in [0.25, 0.3) is 10.6 Å². The number of carbonyl (C=O) groups is 2. The molecule has 0 spiro atoms. The molecule has 25 heavy (non-hydrogen) atoms. The van der Waals surface area contributed by atoms with Crippen LogP contribution in [0.1, 0.15) is 24.3 Å². The molecule has 2 aromatic rings. The molecule has 7 nitrogen and oxygen atoms in total. The van der Waals surface area contributed by atoms with Crippen LogP contribution in [-0.2, 0) is 4.79 Å². The molecule has 1 aliphatic rings. The van der Waals surface area contributed by atoms with Crippen LogP contribution in [0.5, 0.6) is 11.5 Å². The van der Waals surface area contributed by atoms with E-state index in [1.54, 1.807) is 19.2 Å². The lowest BCUT2D eigenvalue weighted by Crippen LogP contribution is -2.40. The van der Waals surface area contributed by atoms with E-state index >= 15 is 0 Å². The van der Waals surface area contributed by atoms with Gasteiger partial charge in [0.1, 0.15) is 30.5 Å². The van der Waals surface area contributed by atoms with E-state index in [0.29, 0.717) is 29.7 Å². The lowest BCUT2D eigenvalue weighted by molar-refractivity contribution is -0.138. The highest BCUT2D eigenvalue weighted by atomic mass is 32.1. The molecule has 0 unspecified atom stereocenters. The van der Waals surface area contributed by atoms with Gasteiger partial charge in [0.25, 0.3) is 5.91 Å². The maximum absolute atomic E-state index is 12.6. The largest absolute Gasteiger partial charge is 0.486 e. The summed E-state index contributed by atoms with van der Waals surface area (Å²) in [5.41, 5.74) is 1.06. The molecular weight excluding hydrogens is 344 g/mol. The smallest absolute Gasteiger partial charge is 0.323 e. The number of carboxylic acids is 1. The predicted octanol–water partition coefficient (Wildman–Crippen LogP) is 2.52. The zero-order chi connectivity index (χ0) is 18.0. The fourth-order valence-corrected chi connectivity index (χ4v) is 3.25. The third kappa shape index (κ3) is 3.74. The average Bonchev–Trinajstić information content (AvgIpc) is 3.08. The average molecular weight is 362 g/mol. The Kier molecular flexibility index (Phi) is 4.89. The number of rotatable bonds is 5. The summed E-state index contributed by atoms with van der Waals surface area (Å²) in [7, 11) is 0. The van der Waals surface area contributed by atoms with Gasteiger partial charge in [0.2, 0.25) is 0 Å². The predicted molar refractivity (Wildman–Crippen MR) is 92.3 cm³/mol. The molecule has 0 bridgehead atoms. The number of ether oxygens (including phenoxy) is 2. The van der Waals surface area contributed by atoms with Crippen LogP contribution < -0.4 is 9.47 Å². The van der Waals surface area contributed by atoms with Crippen molar-refractivity contribution < 1.29 is 24.2 Å². The van der Waals surface area contributed by atoms with Crippen LogP contribution in [0.15, 0.2) is 23.6 Å². The zero-order valence-electron chi connectivity index (χ0n) is 13.9. The van der Waals surface area contributed by atoms with Gasteiger partial charge >= 0.3 is 5.97 Å². The monoisotopic (exact) mass is 362 g/mol. The lowest BCUT2D eigenvalue weighted by Gasteiger charge is -2.23. The van der Waals surface area contributed by atoms with E-state index in [1.165, 1.54) is 16.2 Å². The van der Waals surface area contributed by atoms with Crippen molar-refractivity contribution in [1.82, 2.24) is 9.88 Å². The Morgan fingerprint density at radius 2 is 2.00 bits per heavy atom. The van der Waals surface area contributed by atoms with Gasteiger partial charge in [-0.15, -0.1) is 11.3 Å². The number of hydrogen-bond donors (Lipinski definition) is 1. The highest BCUT2D eigenvalue weighted by molar-refractivity contribution is 7.13. The first-order valence-corrected chi connectivity index (χ1v) is 8.72. The molecule has 1 aliphatic heterocycles. The van der Waals surface area contributed by atoms with Gasteiger partial charge in [-0.1, -0.05) is 0 Å². The molecule has 0 atom stereocenters. The number of carbonyl (C=O) groups excluding carboxylic acids is 1. The highest BCUT2D eigenvalue weighted by Crippen LogP contribution is 2.35. The Morgan fingerprint density at radius 3 is 2.68 bits per heavy atom. The van der Waals surface area contributed by atoms with E-state index in [9.17, 15) is 9.59 Å². The summed E-state index contributed by atoms with van der Waals surface area (Å²) in [5, 5.41) is 11.3. The molecule has 0 fully saturated rings. The van der Waals surface area contributed by atoms with Gasteiger partial charge in [-0.05, 0) is 32.0 Å². The van der Waals surface area contributed by atoms with Crippen LogP contribution in [-0.4, -0.2) is 52.7 Å². The molecule has 3 rings (SSSR count). The summed E-state index contributed by atoms with van der Waals surface area (Å²) < 4.78 is 11.1. The first-order valence-electron chi connectivity index (χ1n) is 7.84. The molecule has 2 heterocycles. The van der Waals surface area contributed by atoms with Crippen LogP contribution in [0.2, 0.25) is 0 Å². The molecule has 132 valence electrons. The van der Waals surface area contributed by atoms with E-state index < -0.39 is 11.9 Å². The Balaban J connectivity index is 1.84. The van der Waals surface area contributed by atoms with Crippen molar-refractivity contribution in [1.29, 1.82) is 0 Å². The van der Waals surface area contributed by atoms with Crippen LogP contribution in [0, 0.1) is 0 Å². The summed E-state index contributed by atoms with van der Waals surface area (Å²) >= 11 is 1.33. The quantitative estimate of drug-likeness (QED) is 0.879. The molecular formula is C17H18N2O5S. The van der Waals surface area contributed by atoms with Crippen LogP contribution >= 0.6 is 11.3 Å². The standard InChI is InChI=1S/C17H18N2O5S/c1-10(2)19(8-15(20)21)17(22)12-9-25-16(18-12)11-3-4-13-14(7-11)24-6-5-23-13/h3-4,7,9-10H,5-6,8H2,1-2H3,(H,20,21). The minimum absolute atomic E-state index is 0.233. The molecule has 0 radical (unpaired) electrons. The second-order valence-corrected chi connectivity index (χ2v) is 6.67. The Labute approximate surface area is 148 Å². The number of nitrogens with zero attached hydrogens (tertiary/aromatic N) is 2. The van der Waals surface area contributed by atoms with Crippen molar-refractivity contribution in [2.45, 2.75) is 19.9 Å². The molecule has 0 aliphatic carbocycles. The normalized spacial score (nSPS) is 12.9. The van der Waals surface area contributed by atoms with Crippen molar-refractivity contribution in [2.75, 3.05) is 19.8 Å². The van der Waals surface area contributed by atoms with E-state index in [2.05, 4.69) is 4.98 Å². The lowest BCUT2D eigenvalue weighted by atomic mass is 10.2. The molecule has 0 saturated heterocycles. The molecule has 0 saturated carbocycles. The number of benzene rings is 1. The van der Waals surface area contributed by atoms with Gasteiger partial charge < -0.3 is 19.5 Å². The number of thiazole rings is 1. The van der Waals surface area contributed by atoms with Gasteiger partial charge in [0.15, 0.2) is 11.5 Å². The van der Waals surface area contributed by atoms with Gasteiger partial charge in [0, 0.05) is 17.0 Å². The molecule has 1 N–H and O–H groups in total. The van der Waals surface area contributed by atoms with E-state index in [4.69, 9.17) is 14.6 Å². The summed E-state index contributed by atoms with van der Waals surface area (Å²) in [6, 6.07) is 5.28. The summed E-state index contributed by atoms with van der Waals surface area (Å²) in [6.07, 6.45) is 0. The Morgan fingerprint density at radius 1 is 1.28 bits per heavy atom. The number of amides is 1. The summed E-state index contributed by atoms with van der Waals surface area (Å²) in [4.78, 5) is 29.2. The third-order valence-electron chi connectivity index (χ3n) is 3.70. The maximum Gasteiger partial charge on any atom is 0.323 e. The number of carboxylic acid groups (broad SMARTS) is 1. The number of aliphatic carboxylic acids is 1. The maximum atomic E-state index is 12.6. The van der Waals surface area contributed by atoms with Gasteiger partial charge in [-0.25, -0.2) is 4.98 Å². The Bertz CT molecular complexity index is 802. The zero-order valence-corrected chi connectivity index (χ0v) is 14.7. The van der Waals surface area contributed by atoms with E-state index in [-0.39, 0.29) is 18.3 Å². The summed E-state index contributed by atoms with van der Waals surface area (Å²) in [5.74, 6) is -0.0985. The van der Waals surface area contributed by atoms with Crippen molar-refractivity contribution in [3.05, 3.63) is 29.3 Å². The highest BCUT2D eigenvalue weighted by Gasteiger charge is 2.24. The first-order chi connectivity index (χ1) is 12.0. The van der Waals surface area contributed by atoms with Gasteiger partial charge in [-0.2, -0.15) is 0 Å². The fourth-order valence-electron chi connectivity index (χ4n) is 2.46. The SMILES string of the molecule is CC(C)N(CC(=O)O)C(=O)c1csc(-c2ccc3c(c2)OCCO3)n1. The minimum atomic E-state index is -1.05. The second kappa shape index (κ2) is 7.10. The van der Waals surface area contributed by atoms with Crippen LogP contribution in [0.4, 0.5) is 0 Å². The molecule has 1 amide bonds. The molecule has 8 heteroatoms. The topological polar surface area (TPSA) is 89.0 Å². The number of fused-ring (bicyclic) bond motifs is 1. The van der Waals surface area contributed by atoms with Crippen molar-refractivity contribution in [3.8, 4) is 22.1 Å². The van der Waals surface area contributed by atoms with E-state index in [0.717, 1.165) is 5.56 Å². The van der Waals surface area contributed by atoms with Gasteiger partial charge in [-0.3, -0.25) is 9.59 Å². The van der Waals surface area contributed by atoms with Gasteiger partial charge in [0.05, 0.1) is 0 Å². The van der Waals surface area contributed by atoms with E-state index in [1.807, 2.05) is 18.2 Å². The molecule has 1 aromatic carbocycles. The van der Waals surface area contributed by atoms with Crippen LogP contribution in [0.3, 0.4) is 0 Å². The Hall–Kier alpha value is -2.61.